The zero-order chi connectivity index (χ0) is 12.3. The molecule has 0 spiro atoms. The molecule has 0 aliphatic heterocycles. The molecule has 0 radical (unpaired) electrons. The number of fused-ring (bicyclic) bond motifs is 1. The van der Waals surface area contributed by atoms with E-state index in [0.29, 0.717) is 6.54 Å². The number of thiophene rings is 1. The minimum atomic E-state index is -0.436. The molecule has 1 heterocycles. The van der Waals surface area contributed by atoms with Gasteiger partial charge < -0.3 is 11.1 Å². The molecule has 1 aromatic carbocycles. The van der Waals surface area contributed by atoms with Crippen molar-refractivity contribution in [2.24, 2.45) is 5.73 Å². The van der Waals surface area contributed by atoms with E-state index in [1.54, 1.807) is 18.3 Å². The number of amides is 1. The van der Waals surface area contributed by atoms with Crippen molar-refractivity contribution in [2.45, 2.75) is 19.4 Å². The summed E-state index contributed by atoms with van der Waals surface area (Å²) in [6, 6.07) is 7.88. The van der Waals surface area contributed by atoms with Crippen LogP contribution in [0.2, 0.25) is 0 Å². The van der Waals surface area contributed by atoms with Crippen LogP contribution in [0.3, 0.4) is 0 Å². The van der Waals surface area contributed by atoms with Gasteiger partial charge >= 0.3 is 0 Å². The Balaban J connectivity index is 0.00000162. The van der Waals surface area contributed by atoms with Crippen molar-refractivity contribution in [3.8, 4) is 0 Å². The quantitative estimate of drug-likeness (QED) is 0.905. The Morgan fingerprint density at radius 3 is 2.89 bits per heavy atom. The third-order valence-corrected chi connectivity index (χ3v) is 3.68. The van der Waals surface area contributed by atoms with Gasteiger partial charge in [0.2, 0.25) is 5.91 Å². The van der Waals surface area contributed by atoms with Crippen LogP contribution >= 0.6 is 23.7 Å². The third-order valence-electron chi connectivity index (χ3n) is 2.67. The first-order valence-corrected chi connectivity index (χ1v) is 6.55. The lowest BCUT2D eigenvalue weighted by Gasteiger charge is -2.06. The first kappa shape index (κ1) is 15.0. The standard InChI is InChI=1S/C13H16N2OS.ClH/c1-9(14)13(16)15-7-6-10-8-17-12-5-3-2-4-11(10)12;/h2-5,8-9H,6-7,14H2,1H3,(H,15,16);1H/t9-;/m1./s1. The lowest BCUT2D eigenvalue weighted by molar-refractivity contribution is -0.121. The summed E-state index contributed by atoms with van der Waals surface area (Å²) in [4.78, 5) is 11.3. The van der Waals surface area contributed by atoms with E-state index in [2.05, 4.69) is 22.8 Å². The van der Waals surface area contributed by atoms with Gasteiger partial charge in [-0.15, -0.1) is 23.7 Å². The lowest BCUT2D eigenvalue weighted by atomic mass is 10.1. The number of hydrogen-bond donors (Lipinski definition) is 2. The summed E-state index contributed by atoms with van der Waals surface area (Å²) in [7, 11) is 0. The number of hydrogen-bond acceptors (Lipinski definition) is 3. The van der Waals surface area contributed by atoms with Crippen molar-refractivity contribution >= 4 is 39.7 Å². The van der Waals surface area contributed by atoms with Crippen LogP contribution in [0.4, 0.5) is 0 Å². The lowest BCUT2D eigenvalue weighted by Crippen LogP contribution is -2.39. The zero-order valence-electron chi connectivity index (χ0n) is 10.2. The smallest absolute Gasteiger partial charge is 0.236 e. The van der Waals surface area contributed by atoms with Crippen LogP contribution in [0.15, 0.2) is 29.6 Å². The highest BCUT2D eigenvalue weighted by Crippen LogP contribution is 2.25. The largest absolute Gasteiger partial charge is 0.354 e. The Bertz CT molecular complexity index is 524. The van der Waals surface area contributed by atoms with Gasteiger partial charge in [0.1, 0.15) is 0 Å². The molecule has 98 valence electrons. The van der Waals surface area contributed by atoms with Crippen LogP contribution in [0.5, 0.6) is 0 Å². The predicted molar refractivity (Wildman–Crippen MR) is 79.4 cm³/mol. The number of nitrogens with one attached hydrogen (secondary N) is 1. The molecule has 2 rings (SSSR count). The zero-order valence-corrected chi connectivity index (χ0v) is 11.8. The highest BCUT2D eigenvalue weighted by Gasteiger charge is 2.07. The molecule has 3 N–H and O–H groups in total. The second-order valence-corrected chi connectivity index (χ2v) is 5.00. The molecule has 1 amide bonds. The van der Waals surface area contributed by atoms with Crippen LogP contribution in [0.1, 0.15) is 12.5 Å². The van der Waals surface area contributed by atoms with Crippen molar-refractivity contribution < 1.29 is 4.79 Å². The molecule has 0 saturated heterocycles. The number of nitrogens with two attached hydrogens (primary N) is 1. The second kappa shape index (κ2) is 6.73. The van der Waals surface area contributed by atoms with E-state index < -0.39 is 6.04 Å². The highest BCUT2D eigenvalue weighted by atomic mass is 35.5. The Morgan fingerprint density at radius 2 is 2.17 bits per heavy atom. The van der Waals surface area contributed by atoms with Gasteiger partial charge in [0.15, 0.2) is 0 Å². The molecular formula is C13H17ClN2OS. The number of rotatable bonds is 4. The van der Waals surface area contributed by atoms with E-state index in [4.69, 9.17) is 5.73 Å². The third kappa shape index (κ3) is 3.45. The van der Waals surface area contributed by atoms with E-state index in [0.717, 1.165) is 6.42 Å². The average molecular weight is 285 g/mol. The van der Waals surface area contributed by atoms with Crippen molar-refractivity contribution in [3.63, 3.8) is 0 Å². The SMILES string of the molecule is C[C@@H](N)C(=O)NCCc1csc2ccccc12.Cl. The number of halogens is 1. The van der Waals surface area contributed by atoms with Crippen LogP contribution < -0.4 is 11.1 Å². The van der Waals surface area contributed by atoms with E-state index in [-0.39, 0.29) is 18.3 Å². The number of carbonyl (C=O) groups is 1. The Kier molecular flexibility index (Phi) is 5.59. The van der Waals surface area contributed by atoms with Gasteiger partial charge in [-0.2, -0.15) is 0 Å². The van der Waals surface area contributed by atoms with Crippen LogP contribution in [0, 0.1) is 0 Å². The van der Waals surface area contributed by atoms with Crippen molar-refractivity contribution in [2.75, 3.05) is 6.54 Å². The van der Waals surface area contributed by atoms with Crippen molar-refractivity contribution in [3.05, 3.63) is 35.2 Å². The maximum Gasteiger partial charge on any atom is 0.236 e. The normalized spacial score (nSPS) is 11.9. The molecule has 0 saturated carbocycles. The summed E-state index contributed by atoms with van der Waals surface area (Å²) >= 11 is 1.74. The van der Waals surface area contributed by atoms with E-state index in [9.17, 15) is 4.79 Å². The Labute approximate surface area is 117 Å². The van der Waals surface area contributed by atoms with E-state index in [1.807, 2.05) is 12.1 Å². The van der Waals surface area contributed by atoms with Crippen LogP contribution in [-0.4, -0.2) is 18.5 Å². The Morgan fingerprint density at radius 1 is 1.44 bits per heavy atom. The molecule has 3 nitrogen and oxygen atoms in total. The fourth-order valence-corrected chi connectivity index (χ4v) is 2.71. The van der Waals surface area contributed by atoms with Gasteiger partial charge in [-0.3, -0.25) is 4.79 Å². The van der Waals surface area contributed by atoms with E-state index >= 15 is 0 Å². The molecular weight excluding hydrogens is 268 g/mol. The summed E-state index contributed by atoms with van der Waals surface area (Å²) in [6.07, 6.45) is 0.850. The maximum absolute atomic E-state index is 11.3. The highest BCUT2D eigenvalue weighted by molar-refractivity contribution is 7.17. The van der Waals surface area contributed by atoms with Gasteiger partial charge in [0.05, 0.1) is 6.04 Å². The van der Waals surface area contributed by atoms with Crippen LogP contribution in [0.25, 0.3) is 10.1 Å². The fourth-order valence-electron chi connectivity index (χ4n) is 1.71. The Hall–Kier alpha value is -1.10. The van der Waals surface area contributed by atoms with Crippen molar-refractivity contribution in [1.82, 2.24) is 5.32 Å². The number of carbonyl (C=O) groups excluding carboxylic acids is 1. The maximum atomic E-state index is 11.3. The predicted octanol–water partition coefficient (Wildman–Crippen LogP) is 2.33. The molecule has 0 unspecified atom stereocenters. The molecule has 0 bridgehead atoms. The molecule has 0 fully saturated rings. The summed E-state index contributed by atoms with van der Waals surface area (Å²) in [5.74, 6) is -0.0930. The summed E-state index contributed by atoms with van der Waals surface area (Å²) in [6.45, 7) is 2.33. The molecule has 1 aromatic heterocycles. The molecule has 1 atom stereocenters. The summed E-state index contributed by atoms with van der Waals surface area (Å²) in [5, 5.41) is 6.27. The van der Waals surface area contributed by atoms with E-state index in [1.165, 1.54) is 15.6 Å². The van der Waals surface area contributed by atoms with Crippen LogP contribution in [-0.2, 0) is 11.2 Å². The molecule has 0 aliphatic rings. The molecule has 18 heavy (non-hydrogen) atoms. The fraction of sp³-hybridized carbons (Fsp3) is 0.308. The molecule has 5 heteroatoms. The van der Waals surface area contributed by atoms with Gasteiger partial charge in [-0.1, -0.05) is 18.2 Å². The monoisotopic (exact) mass is 284 g/mol. The molecule has 2 aromatic rings. The molecule has 0 aliphatic carbocycles. The first-order chi connectivity index (χ1) is 8.18. The summed E-state index contributed by atoms with van der Waals surface area (Å²) < 4.78 is 1.29. The minimum absolute atomic E-state index is 0. The van der Waals surface area contributed by atoms with Gasteiger partial charge in [-0.05, 0) is 35.7 Å². The number of benzene rings is 1. The van der Waals surface area contributed by atoms with Crippen molar-refractivity contribution in [1.29, 1.82) is 0 Å². The van der Waals surface area contributed by atoms with Gasteiger partial charge in [-0.25, -0.2) is 0 Å². The van der Waals surface area contributed by atoms with Gasteiger partial charge in [0, 0.05) is 11.2 Å². The second-order valence-electron chi connectivity index (χ2n) is 4.09. The average Bonchev–Trinajstić information content (AvgIpc) is 2.72. The minimum Gasteiger partial charge on any atom is -0.354 e. The topological polar surface area (TPSA) is 55.1 Å². The summed E-state index contributed by atoms with van der Waals surface area (Å²) in [5.41, 5.74) is 6.76. The van der Waals surface area contributed by atoms with Gasteiger partial charge in [0.25, 0.3) is 0 Å². The first-order valence-electron chi connectivity index (χ1n) is 5.67.